The first-order valence-corrected chi connectivity index (χ1v) is 6.55. The number of anilines is 3. The van der Waals surface area contributed by atoms with E-state index in [2.05, 4.69) is 5.32 Å². The van der Waals surface area contributed by atoms with Crippen LogP contribution in [0.15, 0.2) is 40.8 Å². The van der Waals surface area contributed by atoms with Gasteiger partial charge in [-0.15, -0.1) is 0 Å². The second-order valence-corrected chi connectivity index (χ2v) is 4.87. The van der Waals surface area contributed by atoms with E-state index in [1.165, 1.54) is 12.1 Å². The molecule has 0 aliphatic rings. The van der Waals surface area contributed by atoms with E-state index in [9.17, 15) is 9.18 Å². The summed E-state index contributed by atoms with van der Waals surface area (Å²) in [5, 5.41) is 12.4. The number of hydrogen-bond donors (Lipinski definition) is 3. The van der Waals surface area contributed by atoms with Crippen LogP contribution in [0.2, 0.25) is 0 Å². The zero-order valence-corrected chi connectivity index (χ0v) is 11.7. The van der Waals surface area contributed by atoms with Crippen LogP contribution in [0.25, 0.3) is 11.0 Å². The molecule has 0 amide bonds. The average molecular weight is 300 g/mol. The van der Waals surface area contributed by atoms with Gasteiger partial charge in [0.15, 0.2) is 0 Å². The Balaban J connectivity index is 2.22. The highest BCUT2D eigenvalue weighted by Crippen LogP contribution is 2.36. The third kappa shape index (κ3) is 2.14. The van der Waals surface area contributed by atoms with E-state index < -0.39 is 11.8 Å². The first-order chi connectivity index (χ1) is 10.5. The molecule has 0 saturated carbocycles. The lowest BCUT2D eigenvalue weighted by atomic mass is 10.1. The number of aromatic carboxylic acids is 1. The number of para-hydroxylation sites is 2. The highest BCUT2D eigenvalue weighted by Gasteiger charge is 2.21. The lowest BCUT2D eigenvalue weighted by Crippen LogP contribution is -1.99. The standard InChI is InChI=1S/C16H13FN2O3/c1-8-13-12(22-15(8)16(20)21)7-6-9(17)14(13)19-11-5-3-2-4-10(11)18/h2-7,19H,18H2,1H3,(H,20,21). The normalized spacial score (nSPS) is 10.8. The van der Waals surface area contributed by atoms with Gasteiger partial charge in [0.2, 0.25) is 5.76 Å². The van der Waals surface area contributed by atoms with Crippen molar-refractivity contribution in [3.8, 4) is 0 Å². The minimum absolute atomic E-state index is 0.143. The summed E-state index contributed by atoms with van der Waals surface area (Å²) in [5.41, 5.74) is 7.64. The van der Waals surface area contributed by atoms with Crippen molar-refractivity contribution in [2.24, 2.45) is 0 Å². The maximum absolute atomic E-state index is 14.2. The molecule has 6 heteroatoms. The number of nitrogens with two attached hydrogens (primary N) is 1. The van der Waals surface area contributed by atoms with Gasteiger partial charge in [0.1, 0.15) is 11.4 Å². The van der Waals surface area contributed by atoms with E-state index >= 15 is 0 Å². The van der Waals surface area contributed by atoms with Crippen LogP contribution in [0.1, 0.15) is 16.1 Å². The topological polar surface area (TPSA) is 88.5 Å². The van der Waals surface area contributed by atoms with Crippen LogP contribution in [0.4, 0.5) is 21.5 Å². The van der Waals surface area contributed by atoms with Gasteiger partial charge in [-0.3, -0.25) is 0 Å². The first kappa shape index (κ1) is 13.9. The van der Waals surface area contributed by atoms with Crippen molar-refractivity contribution in [3.05, 3.63) is 53.5 Å². The number of hydrogen-bond acceptors (Lipinski definition) is 4. The Labute approximate surface area is 125 Å². The van der Waals surface area contributed by atoms with E-state index in [-0.39, 0.29) is 11.4 Å². The van der Waals surface area contributed by atoms with Crippen LogP contribution in [0.3, 0.4) is 0 Å². The number of rotatable bonds is 3. The molecule has 0 fully saturated rings. The summed E-state index contributed by atoms with van der Waals surface area (Å²) in [6.07, 6.45) is 0. The van der Waals surface area contributed by atoms with Crippen molar-refractivity contribution in [1.82, 2.24) is 0 Å². The van der Waals surface area contributed by atoms with Gasteiger partial charge in [-0.2, -0.15) is 0 Å². The zero-order valence-electron chi connectivity index (χ0n) is 11.7. The van der Waals surface area contributed by atoms with Crippen molar-refractivity contribution in [1.29, 1.82) is 0 Å². The van der Waals surface area contributed by atoms with E-state index in [0.29, 0.717) is 27.9 Å². The molecule has 5 nitrogen and oxygen atoms in total. The largest absolute Gasteiger partial charge is 0.475 e. The molecule has 112 valence electrons. The number of fused-ring (bicyclic) bond motifs is 1. The van der Waals surface area contributed by atoms with Crippen molar-refractivity contribution >= 4 is 34.0 Å². The number of halogens is 1. The fraction of sp³-hybridized carbons (Fsp3) is 0.0625. The fourth-order valence-electron chi connectivity index (χ4n) is 2.39. The van der Waals surface area contributed by atoms with Gasteiger partial charge >= 0.3 is 5.97 Å². The molecule has 0 bridgehead atoms. The number of carboxylic acid groups (broad SMARTS) is 1. The summed E-state index contributed by atoms with van der Waals surface area (Å²) in [7, 11) is 0. The average Bonchev–Trinajstić information content (AvgIpc) is 2.82. The quantitative estimate of drug-likeness (QED) is 0.638. The molecule has 3 aromatic rings. The van der Waals surface area contributed by atoms with Gasteiger partial charge < -0.3 is 20.6 Å². The number of aryl methyl sites for hydroxylation is 1. The Hall–Kier alpha value is -3.02. The zero-order chi connectivity index (χ0) is 15.9. The van der Waals surface area contributed by atoms with Crippen LogP contribution in [-0.2, 0) is 0 Å². The summed E-state index contributed by atoms with van der Waals surface area (Å²) in [5.74, 6) is -1.92. The predicted molar refractivity (Wildman–Crippen MR) is 82.0 cm³/mol. The molecule has 0 unspecified atom stereocenters. The summed E-state index contributed by atoms with van der Waals surface area (Å²) >= 11 is 0. The molecule has 0 aliphatic heterocycles. The fourth-order valence-corrected chi connectivity index (χ4v) is 2.39. The summed E-state index contributed by atoms with van der Waals surface area (Å²) in [4.78, 5) is 11.2. The SMILES string of the molecule is Cc1c(C(=O)O)oc2ccc(F)c(Nc3ccccc3N)c12. The van der Waals surface area contributed by atoms with Crippen molar-refractivity contribution in [2.75, 3.05) is 11.1 Å². The van der Waals surface area contributed by atoms with Crippen LogP contribution in [0.5, 0.6) is 0 Å². The number of benzene rings is 2. The minimum Gasteiger partial charge on any atom is -0.475 e. The van der Waals surface area contributed by atoms with Crippen molar-refractivity contribution in [2.45, 2.75) is 6.92 Å². The van der Waals surface area contributed by atoms with Crippen LogP contribution in [-0.4, -0.2) is 11.1 Å². The van der Waals surface area contributed by atoms with Gasteiger partial charge in [-0.05, 0) is 31.2 Å². The number of carboxylic acids is 1. The molecular formula is C16H13FN2O3. The van der Waals surface area contributed by atoms with Crippen molar-refractivity contribution < 1.29 is 18.7 Å². The maximum Gasteiger partial charge on any atom is 0.372 e. The second kappa shape index (κ2) is 5.07. The first-order valence-electron chi connectivity index (χ1n) is 6.55. The highest BCUT2D eigenvalue weighted by molar-refractivity contribution is 6.02. The molecule has 22 heavy (non-hydrogen) atoms. The van der Waals surface area contributed by atoms with E-state index in [0.717, 1.165) is 0 Å². The van der Waals surface area contributed by atoms with Gasteiger partial charge in [0.05, 0.1) is 22.4 Å². The van der Waals surface area contributed by atoms with Crippen molar-refractivity contribution in [3.63, 3.8) is 0 Å². The summed E-state index contributed by atoms with van der Waals surface area (Å²) < 4.78 is 19.5. The second-order valence-electron chi connectivity index (χ2n) is 4.87. The maximum atomic E-state index is 14.2. The number of furan rings is 1. The molecule has 0 spiro atoms. The smallest absolute Gasteiger partial charge is 0.372 e. The monoisotopic (exact) mass is 300 g/mol. The molecule has 0 atom stereocenters. The Morgan fingerprint density at radius 2 is 2.00 bits per heavy atom. The third-order valence-corrected chi connectivity index (χ3v) is 3.46. The van der Waals surface area contributed by atoms with Crippen LogP contribution in [0, 0.1) is 12.7 Å². The minimum atomic E-state index is -1.20. The molecule has 0 aliphatic carbocycles. The molecule has 3 rings (SSSR count). The molecule has 1 heterocycles. The van der Waals surface area contributed by atoms with Gasteiger partial charge in [-0.25, -0.2) is 9.18 Å². The lowest BCUT2D eigenvalue weighted by Gasteiger charge is -2.11. The Kier molecular flexibility index (Phi) is 3.21. The van der Waals surface area contributed by atoms with E-state index in [1.807, 2.05) is 0 Å². The highest BCUT2D eigenvalue weighted by atomic mass is 19.1. The molecule has 1 aromatic heterocycles. The third-order valence-electron chi connectivity index (χ3n) is 3.46. The number of nitrogen functional groups attached to an aromatic ring is 1. The predicted octanol–water partition coefficient (Wildman–Crippen LogP) is 3.90. The van der Waals surface area contributed by atoms with Gasteiger partial charge in [0.25, 0.3) is 0 Å². The number of carbonyl (C=O) groups is 1. The van der Waals surface area contributed by atoms with Crippen LogP contribution >= 0.6 is 0 Å². The van der Waals surface area contributed by atoms with Crippen LogP contribution < -0.4 is 11.1 Å². The summed E-state index contributed by atoms with van der Waals surface area (Å²) in [6, 6.07) is 9.55. The molecule has 0 radical (unpaired) electrons. The van der Waals surface area contributed by atoms with E-state index in [4.69, 9.17) is 15.3 Å². The molecule has 0 saturated heterocycles. The Bertz CT molecular complexity index is 886. The van der Waals surface area contributed by atoms with E-state index in [1.54, 1.807) is 31.2 Å². The Morgan fingerprint density at radius 1 is 1.27 bits per heavy atom. The van der Waals surface area contributed by atoms with Gasteiger partial charge in [0, 0.05) is 5.56 Å². The molecular weight excluding hydrogens is 287 g/mol. The molecule has 4 N–H and O–H groups in total. The lowest BCUT2D eigenvalue weighted by molar-refractivity contribution is 0.0664. The number of nitrogens with one attached hydrogen (secondary N) is 1. The Morgan fingerprint density at radius 3 is 2.68 bits per heavy atom. The molecule has 2 aromatic carbocycles. The summed E-state index contributed by atoms with van der Waals surface area (Å²) in [6.45, 7) is 1.58. The van der Waals surface area contributed by atoms with Gasteiger partial charge in [-0.1, -0.05) is 12.1 Å².